The van der Waals surface area contributed by atoms with Gasteiger partial charge in [-0.25, -0.2) is 18.1 Å². The lowest BCUT2D eigenvalue weighted by Crippen LogP contribution is -2.24. The molecule has 23 heavy (non-hydrogen) atoms. The van der Waals surface area contributed by atoms with Gasteiger partial charge in [0.15, 0.2) is 0 Å². The Bertz CT molecular complexity index is 775. The quantitative estimate of drug-likeness (QED) is 0.481. The van der Waals surface area contributed by atoms with Gasteiger partial charge in [0.25, 0.3) is 0 Å². The number of anilines is 1. The van der Waals surface area contributed by atoms with Gasteiger partial charge in [-0.3, -0.25) is 0 Å². The Hall–Kier alpha value is -1.96. The molecule has 2 aromatic rings. The van der Waals surface area contributed by atoms with E-state index in [2.05, 4.69) is 21.6 Å². The lowest BCUT2D eigenvalue weighted by atomic mass is 10.1. The summed E-state index contributed by atoms with van der Waals surface area (Å²) in [6.45, 7) is 4.31. The highest BCUT2D eigenvalue weighted by Gasteiger charge is 2.14. The summed E-state index contributed by atoms with van der Waals surface area (Å²) in [6.07, 6.45) is 4.87. The fraction of sp³-hybridized carbons (Fsp3) is 0.312. The predicted octanol–water partition coefficient (Wildman–Crippen LogP) is 1.88. The highest BCUT2D eigenvalue weighted by atomic mass is 32.2. The summed E-state index contributed by atoms with van der Waals surface area (Å²) in [5.74, 6) is 0.556. The zero-order valence-electron chi connectivity index (χ0n) is 12.8. The van der Waals surface area contributed by atoms with Gasteiger partial charge in [-0.1, -0.05) is 12.1 Å². The van der Waals surface area contributed by atoms with Crippen molar-refractivity contribution < 1.29 is 13.5 Å². The average molecular weight is 335 g/mol. The van der Waals surface area contributed by atoms with E-state index in [0.29, 0.717) is 30.7 Å². The maximum atomic E-state index is 12.3. The van der Waals surface area contributed by atoms with Crippen LogP contribution < -0.4 is 10.0 Å². The van der Waals surface area contributed by atoms with Crippen LogP contribution in [0.5, 0.6) is 0 Å². The van der Waals surface area contributed by atoms with Gasteiger partial charge in [0.05, 0.1) is 11.5 Å². The van der Waals surface area contributed by atoms with Gasteiger partial charge >= 0.3 is 0 Å². The van der Waals surface area contributed by atoms with Crippen molar-refractivity contribution in [2.24, 2.45) is 0 Å². The molecule has 0 saturated carbocycles. The summed E-state index contributed by atoms with van der Waals surface area (Å²) in [5.41, 5.74) is 0. The Morgan fingerprint density at radius 1 is 1.26 bits per heavy atom. The normalized spacial score (nSPS) is 11.5. The van der Waals surface area contributed by atoms with Crippen LogP contribution in [0.4, 0.5) is 5.82 Å². The smallest absolute Gasteiger partial charge is 0.240 e. The lowest BCUT2D eigenvalue weighted by molar-refractivity contribution is 0.311. The van der Waals surface area contributed by atoms with Crippen molar-refractivity contribution in [3.8, 4) is 0 Å². The number of sulfonamides is 1. The van der Waals surface area contributed by atoms with Gasteiger partial charge in [0.2, 0.25) is 10.0 Å². The second kappa shape index (κ2) is 8.05. The molecular formula is C16H21N3O3S. The van der Waals surface area contributed by atoms with E-state index in [4.69, 9.17) is 5.11 Å². The minimum absolute atomic E-state index is 0.0269. The van der Waals surface area contributed by atoms with E-state index in [1.165, 1.54) is 0 Å². The van der Waals surface area contributed by atoms with E-state index < -0.39 is 10.0 Å². The van der Waals surface area contributed by atoms with E-state index in [0.717, 1.165) is 11.8 Å². The molecule has 0 bridgehead atoms. The third kappa shape index (κ3) is 4.51. The first-order chi connectivity index (χ1) is 11.1. The van der Waals surface area contributed by atoms with Gasteiger partial charge < -0.3 is 10.4 Å². The Morgan fingerprint density at radius 2 is 2.09 bits per heavy atom. The van der Waals surface area contributed by atoms with Crippen molar-refractivity contribution in [1.82, 2.24) is 9.71 Å². The Morgan fingerprint density at radius 3 is 2.83 bits per heavy atom. The third-order valence-corrected chi connectivity index (χ3v) is 4.79. The van der Waals surface area contributed by atoms with Gasteiger partial charge in [0.1, 0.15) is 5.82 Å². The minimum atomic E-state index is -3.56. The lowest BCUT2D eigenvalue weighted by Gasteiger charge is -2.10. The van der Waals surface area contributed by atoms with Gasteiger partial charge in [-0.05, 0) is 36.4 Å². The minimum Gasteiger partial charge on any atom is -0.395 e. The molecule has 1 aromatic carbocycles. The molecule has 0 aliphatic carbocycles. The molecule has 0 radical (unpaired) electrons. The van der Waals surface area contributed by atoms with E-state index >= 15 is 0 Å². The van der Waals surface area contributed by atoms with Gasteiger partial charge in [0, 0.05) is 24.7 Å². The summed E-state index contributed by atoms with van der Waals surface area (Å²) >= 11 is 0. The molecule has 2 rings (SSSR count). The summed E-state index contributed by atoms with van der Waals surface area (Å²) in [6, 6.07) is 6.73. The van der Waals surface area contributed by atoms with Crippen molar-refractivity contribution in [3.05, 3.63) is 43.1 Å². The predicted molar refractivity (Wildman–Crippen MR) is 91.9 cm³/mol. The summed E-state index contributed by atoms with van der Waals surface area (Å²) in [5, 5.41) is 13.5. The van der Waals surface area contributed by atoms with E-state index in [1.807, 2.05) is 6.07 Å². The van der Waals surface area contributed by atoms with E-state index in [-0.39, 0.29) is 11.5 Å². The molecule has 124 valence electrons. The maximum absolute atomic E-state index is 12.3. The molecule has 0 aliphatic heterocycles. The molecule has 1 aromatic heterocycles. The van der Waals surface area contributed by atoms with E-state index in [9.17, 15) is 8.42 Å². The fourth-order valence-corrected chi connectivity index (χ4v) is 3.27. The number of allylic oxidation sites excluding steroid dienone is 1. The number of hydrogen-bond donors (Lipinski definition) is 3. The molecular weight excluding hydrogens is 314 g/mol. The number of nitrogens with one attached hydrogen (secondary N) is 2. The van der Waals surface area contributed by atoms with Crippen LogP contribution in [-0.4, -0.2) is 38.2 Å². The van der Waals surface area contributed by atoms with Crippen LogP contribution in [0, 0.1) is 0 Å². The number of aliphatic hydroxyl groups is 1. The number of aliphatic hydroxyl groups excluding tert-OH is 1. The molecule has 0 amide bonds. The van der Waals surface area contributed by atoms with Crippen LogP contribution in [0.1, 0.15) is 12.8 Å². The first kappa shape index (κ1) is 17.4. The largest absolute Gasteiger partial charge is 0.395 e. The molecule has 0 atom stereocenters. The molecule has 3 N–H and O–H groups in total. The second-order valence-electron chi connectivity index (χ2n) is 5.02. The van der Waals surface area contributed by atoms with Gasteiger partial charge in [-0.2, -0.15) is 0 Å². The van der Waals surface area contributed by atoms with Crippen LogP contribution in [0.15, 0.2) is 48.0 Å². The number of unbranched alkanes of at least 4 members (excludes halogenated alkanes) is 1. The second-order valence-corrected chi connectivity index (χ2v) is 6.79. The molecule has 0 aliphatic rings. The molecule has 0 saturated heterocycles. The van der Waals surface area contributed by atoms with Crippen molar-refractivity contribution in [1.29, 1.82) is 0 Å². The fourth-order valence-electron chi connectivity index (χ4n) is 2.17. The van der Waals surface area contributed by atoms with Crippen molar-refractivity contribution >= 4 is 26.6 Å². The summed E-state index contributed by atoms with van der Waals surface area (Å²) < 4.78 is 27.3. The monoisotopic (exact) mass is 335 g/mol. The zero-order valence-corrected chi connectivity index (χ0v) is 13.6. The molecule has 7 heteroatoms. The Kier molecular flexibility index (Phi) is 6.09. The van der Waals surface area contributed by atoms with Crippen molar-refractivity contribution in [3.63, 3.8) is 0 Å². The molecule has 0 fully saturated rings. The molecule has 1 heterocycles. The topological polar surface area (TPSA) is 91.3 Å². The van der Waals surface area contributed by atoms with Crippen LogP contribution in [-0.2, 0) is 10.0 Å². The number of nitrogens with zero attached hydrogens (tertiary/aromatic N) is 1. The van der Waals surface area contributed by atoms with Crippen LogP contribution in [0.3, 0.4) is 0 Å². The number of pyridine rings is 1. The molecule has 0 unspecified atom stereocenters. The Labute approximate surface area is 136 Å². The average Bonchev–Trinajstić information content (AvgIpc) is 2.56. The highest BCUT2D eigenvalue weighted by molar-refractivity contribution is 7.89. The van der Waals surface area contributed by atoms with Gasteiger partial charge in [-0.15, -0.1) is 6.58 Å². The number of benzene rings is 1. The van der Waals surface area contributed by atoms with Crippen LogP contribution >= 0.6 is 0 Å². The Balaban J connectivity index is 2.29. The van der Waals surface area contributed by atoms with Crippen molar-refractivity contribution in [2.75, 3.05) is 25.0 Å². The zero-order chi connectivity index (χ0) is 16.7. The molecule has 0 spiro atoms. The highest BCUT2D eigenvalue weighted by Crippen LogP contribution is 2.24. The number of aromatic nitrogens is 1. The van der Waals surface area contributed by atoms with Crippen molar-refractivity contribution in [2.45, 2.75) is 17.7 Å². The number of rotatable bonds is 9. The summed E-state index contributed by atoms with van der Waals surface area (Å²) in [7, 11) is -3.56. The number of fused-ring (bicyclic) bond motifs is 1. The molecule has 6 nitrogen and oxygen atoms in total. The standard InChI is InChI=1S/C16H21N3O3S/c1-2-3-4-8-19-23(21,22)14-6-5-13-7-9-17-16(15(13)12-14)18-10-11-20/h2,5-7,9,12,19-20H,1,3-4,8,10-11H2,(H,17,18). The van der Waals surface area contributed by atoms with Crippen LogP contribution in [0.25, 0.3) is 10.8 Å². The number of hydrogen-bond acceptors (Lipinski definition) is 5. The maximum Gasteiger partial charge on any atom is 0.240 e. The third-order valence-electron chi connectivity index (χ3n) is 3.33. The SMILES string of the molecule is C=CCCCNS(=O)(=O)c1ccc2ccnc(NCCO)c2c1. The van der Waals surface area contributed by atoms with E-state index in [1.54, 1.807) is 30.5 Å². The first-order valence-corrected chi connectivity index (χ1v) is 8.91. The van der Waals surface area contributed by atoms with Crippen LogP contribution in [0.2, 0.25) is 0 Å². The summed E-state index contributed by atoms with van der Waals surface area (Å²) in [4.78, 5) is 4.40. The first-order valence-electron chi connectivity index (χ1n) is 7.42.